The van der Waals surface area contributed by atoms with Crippen molar-refractivity contribution in [1.29, 1.82) is 0 Å². The Bertz CT molecular complexity index is 121. The molecule has 8 heteroatoms. The predicted molar refractivity (Wildman–Crippen MR) is 65.4 cm³/mol. The first-order valence-corrected chi connectivity index (χ1v) is 13.7. The summed E-state index contributed by atoms with van der Waals surface area (Å²) in [6.45, 7) is 1.93. The zero-order valence-electron chi connectivity index (χ0n) is 6.26. The molecule has 0 rings (SSSR count). The summed E-state index contributed by atoms with van der Waals surface area (Å²) in [6.07, 6.45) is 0. The average molecular weight is 325 g/mol. The van der Waals surface area contributed by atoms with Gasteiger partial charge < -0.3 is 0 Å². The van der Waals surface area contributed by atoms with Crippen LogP contribution >= 0.6 is 66.5 Å². The number of halogens is 6. The van der Waals surface area contributed by atoms with Gasteiger partial charge in [0.1, 0.15) is 0 Å². The molecule has 0 fully saturated rings. The lowest BCUT2D eigenvalue weighted by atomic mass is 10.3. The van der Waals surface area contributed by atoms with E-state index in [9.17, 15) is 0 Å². The van der Waals surface area contributed by atoms with Crippen molar-refractivity contribution in [2.75, 3.05) is 0 Å². The average Bonchev–Trinajstić information content (AvgIpc) is 1.49. The summed E-state index contributed by atoms with van der Waals surface area (Å²) in [5, 5.41) is 0. The smallest absolute Gasteiger partial charge is 0.126 e. The fraction of sp³-hybridized carbons (Fsp3) is 1.00. The topological polar surface area (TPSA) is 0 Å². The molecule has 0 radical (unpaired) electrons. The molecule has 0 aliphatic carbocycles. The molecule has 0 N–H and O–H groups in total. The van der Waals surface area contributed by atoms with Crippen LogP contribution in [0.25, 0.3) is 0 Å². The van der Waals surface area contributed by atoms with Crippen molar-refractivity contribution in [2.45, 2.75) is 19.0 Å². The minimum atomic E-state index is -2.56. The van der Waals surface area contributed by atoms with Crippen LogP contribution in [0.5, 0.6) is 0 Å². The third-order valence-electron chi connectivity index (χ3n) is 1.16. The van der Waals surface area contributed by atoms with E-state index in [1.165, 1.54) is 0 Å². The third-order valence-corrected chi connectivity index (χ3v) is 6.26. The van der Waals surface area contributed by atoms with Gasteiger partial charge in [0.15, 0.2) is 0 Å². The first kappa shape index (κ1) is 14.2. The molecule has 0 nitrogen and oxygen atoms in total. The molecule has 0 bridgehead atoms. The van der Waals surface area contributed by atoms with Gasteiger partial charge in [0.2, 0.25) is 0 Å². The highest BCUT2D eigenvalue weighted by Gasteiger charge is 2.33. The maximum atomic E-state index is 5.71. The van der Waals surface area contributed by atoms with Gasteiger partial charge in [-0.1, -0.05) is 6.92 Å². The Morgan fingerprint density at radius 2 is 1.08 bits per heavy atom. The van der Waals surface area contributed by atoms with Crippen molar-refractivity contribution < 1.29 is 0 Å². The summed E-state index contributed by atoms with van der Waals surface area (Å²) in [5.41, 5.74) is 0. The lowest BCUT2D eigenvalue weighted by Gasteiger charge is -2.17. The van der Waals surface area contributed by atoms with E-state index in [2.05, 4.69) is 0 Å². The van der Waals surface area contributed by atoms with Crippen LogP contribution in [-0.4, -0.2) is 12.0 Å². The SMILES string of the molecule is CC(C[Si](Cl)(Cl)Cl)C[Si](Cl)(Cl)Cl. The fourth-order valence-corrected chi connectivity index (χ4v) is 7.76. The van der Waals surface area contributed by atoms with Crippen LogP contribution in [0, 0.1) is 5.92 Å². The molecular weight excluding hydrogens is 317 g/mol. The van der Waals surface area contributed by atoms with Gasteiger partial charge in [0.05, 0.1) is 0 Å². The number of rotatable bonds is 4. The molecule has 0 amide bonds. The molecule has 0 aromatic rings. The number of hydrogen-bond acceptors (Lipinski definition) is 0. The molecule has 12 heavy (non-hydrogen) atoms. The Balaban J connectivity index is 3.83. The highest BCUT2D eigenvalue weighted by atomic mass is 35.8. The van der Waals surface area contributed by atoms with Crippen molar-refractivity contribution in [3.8, 4) is 0 Å². The summed E-state index contributed by atoms with van der Waals surface area (Å²) in [5.74, 6) is 0.184. The maximum absolute atomic E-state index is 5.71. The largest absolute Gasteiger partial charge is 0.341 e. The van der Waals surface area contributed by atoms with E-state index in [4.69, 9.17) is 66.5 Å². The molecule has 74 valence electrons. The second kappa shape index (κ2) is 5.31. The van der Waals surface area contributed by atoms with Crippen molar-refractivity contribution in [3.05, 3.63) is 0 Å². The molecule has 0 aliphatic rings. The Labute approximate surface area is 103 Å². The molecule has 0 aliphatic heterocycles. The highest BCUT2D eigenvalue weighted by molar-refractivity contribution is 7.65. The molecule has 0 aromatic heterocycles. The summed E-state index contributed by atoms with van der Waals surface area (Å²) in [6, 6.07) is -4.01. The monoisotopic (exact) mass is 322 g/mol. The van der Waals surface area contributed by atoms with Crippen LogP contribution < -0.4 is 0 Å². The molecule has 0 spiro atoms. The van der Waals surface area contributed by atoms with E-state index in [1.54, 1.807) is 0 Å². The predicted octanol–water partition coefficient (Wildman–Crippen LogP) is 4.93. The summed E-state index contributed by atoms with van der Waals surface area (Å²) < 4.78 is 0. The van der Waals surface area contributed by atoms with Crippen LogP contribution in [0.4, 0.5) is 0 Å². The van der Waals surface area contributed by atoms with E-state index in [0.29, 0.717) is 12.1 Å². The van der Waals surface area contributed by atoms with E-state index in [0.717, 1.165) is 0 Å². The summed E-state index contributed by atoms with van der Waals surface area (Å²) >= 11 is 34.3. The van der Waals surface area contributed by atoms with Crippen LogP contribution in [0.2, 0.25) is 12.1 Å². The van der Waals surface area contributed by atoms with Crippen LogP contribution in [0.15, 0.2) is 0 Å². The van der Waals surface area contributed by atoms with Gasteiger partial charge in [0, 0.05) is 0 Å². The minimum Gasteiger partial charge on any atom is -0.126 e. The molecule has 0 atom stereocenters. The fourth-order valence-electron chi connectivity index (χ4n) is 0.862. The van der Waals surface area contributed by atoms with Gasteiger partial charge in [-0.3, -0.25) is 0 Å². The molecule has 0 saturated heterocycles. The van der Waals surface area contributed by atoms with E-state index >= 15 is 0 Å². The third kappa shape index (κ3) is 10.3. The van der Waals surface area contributed by atoms with Gasteiger partial charge in [-0.25, -0.2) is 0 Å². The van der Waals surface area contributed by atoms with Crippen LogP contribution in [-0.2, 0) is 0 Å². The quantitative estimate of drug-likeness (QED) is 0.508. The molecule has 0 aromatic carbocycles. The lowest BCUT2D eigenvalue weighted by Crippen LogP contribution is -2.20. The van der Waals surface area contributed by atoms with Crippen LogP contribution in [0.1, 0.15) is 6.92 Å². The first-order chi connectivity index (χ1) is 5.10. The first-order valence-electron chi connectivity index (χ1n) is 3.23. The van der Waals surface area contributed by atoms with Gasteiger partial charge in [-0.05, 0) is 18.0 Å². The van der Waals surface area contributed by atoms with Gasteiger partial charge >= 0.3 is 12.0 Å². The Hall–Kier alpha value is 2.17. The molecule has 0 saturated carbocycles. The highest BCUT2D eigenvalue weighted by Crippen LogP contribution is 2.36. The second-order valence-electron chi connectivity index (χ2n) is 2.74. The Morgan fingerprint density at radius 1 is 0.833 bits per heavy atom. The van der Waals surface area contributed by atoms with Gasteiger partial charge in [-0.15, -0.1) is 66.5 Å². The Kier molecular flexibility index (Phi) is 6.27. The zero-order chi connectivity index (χ0) is 9.99. The summed E-state index contributed by atoms with van der Waals surface area (Å²) in [7, 11) is 0. The van der Waals surface area contributed by atoms with E-state index < -0.39 is 12.0 Å². The summed E-state index contributed by atoms with van der Waals surface area (Å²) in [4.78, 5) is 0. The zero-order valence-corrected chi connectivity index (χ0v) is 12.8. The standard InChI is InChI=1S/C4H8Cl6Si2/c1-4(2-11(5,6)7)3-12(8,9)10/h4H,2-3H2,1H3. The van der Waals surface area contributed by atoms with Crippen LogP contribution in [0.3, 0.4) is 0 Å². The normalized spacial score (nSPS) is 14.0. The van der Waals surface area contributed by atoms with Crippen molar-refractivity contribution in [1.82, 2.24) is 0 Å². The van der Waals surface area contributed by atoms with Gasteiger partial charge in [-0.2, -0.15) is 0 Å². The van der Waals surface area contributed by atoms with Crippen molar-refractivity contribution >= 4 is 78.5 Å². The lowest BCUT2D eigenvalue weighted by molar-refractivity contribution is 0.725. The number of hydrogen-bond donors (Lipinski definition) is 0. The molecule has 0 unspecified atom stereocenters. The Morgan fingerprint density at radius 3 is 1.25 bits per heavy atom. The van der Waals surface area contributed by atoms with E-state index in [-0.39, 0.29) is 5.92 Å². The molecular formula is C4H8Cl6Si2. The maximum Gasteiger partial charge on any atom is 0.341 e. The molecule has 0 heterocycles. The van der Waals surface area contributed by atoms with Crippen molar-refractivity contribution in [3.63, 3.8) is 0 Å². The second-order valence-corrected chi connectivity index (χ2v) is 21.1. The minimum absolute atomic E-state index is 0.184. The van der Waals surface area contributed by atoms with Gasteiger partial charge in [0.25, 0.3) is 0 Å². The van der Waals surface area contributed by atoms with Crippen molar-refractivity contribution in [2.24, 2.45) is 5.92 Å². The van der Waals surface area contributed by atoms with E-state index in [1.807, 2.05) is 6.92 Å².